The zero-order valence-corrected chi connectivity index (χ0v) is 8.23. The molecule has 0 N–H and O–H groups in total. The molecule has 5 heteroatoms. The van der Waals surface area contributed by atoms with Crippen molar-refractivity contribution in [3.05, 3.63) is 0 Å². The van der Waals surface area contributed by atoms with Crippen LogP contribution in [-0.2, 0) is 4.79 Å². The first-order valence-electron chi connectivity index (χ1n) is 4.30. The van der Waals surface area contributed by atoms with Gasteiger partial charge in [-0.25, -0.2) is 0 Å². The summed E-state index contributed by atoms with van der Waals surface area (Å²) >= 11 is 0. The molecule has 0 spiro atoms. The van der Waals surface area contributed by atoms with E-state index in [2.05, 4.69) is 0 Å². The van der Waals surface area contributed by atoms with Crippen molar-refractivity contribution < 1.29 is 23.1 Å². The minimum Gasteiger partial charge on any atom is -0.550 e. The molecule has 1 fully saturated rings. The van der Waals surface area contributed by atoms with Crippen LogP contribution in [0.1, 0.15) is 27.2 Å². The summed E-state index contributed by atoms with van der Waals surface area (Å²) in [6.45, 7) is 4.40. The van der Waals surface area contributed by atoms with Crippen molar-refractivity contribution in [1.29, 1.82) is 0 Å². The Morgan fingerprint density at radius 2 is 1.79 bits per heavy atom. The largest absolute Gasteiger partial charge is 0.550 e. The zero-order valence-electron chi connectivity index (χ0n) is 8.23. The smallest absolute Gasteiger partial charge is 0.389 e. The van der Waals surface area contributed by atoms with Gasteiger partial charge in [0, 0.05) is 11.9 Å². The fourth-order valence-electron chi connectivity index (χ4n) is 2.37. The second-order valence-electron chi connectivity index (χ2n) is 4.68. The summed E-state index contributed by atoms with van der Waals surface area (Å²) in [6.07, 6.45) is -5.39. The Bertz CT molecular complexity index is 270. The Balaban J connectivity index is 2.84. The van der Waals surface area contributed by atoms with Crippen LogP contribution in [0.15, 0.2) is 0 Å². The van der Waals surface area contributed by atoms with Gasteiger partial charge in [-0.2, -0.15) is 13.2 Å². The molecule has 2 nitrogen and oxygen atoms in total. The van der Waals surface area contributed by atoms with Crippen LogP contribution in [0.3, 0.4) is 0 Å². The lowest BCUT2D eigenvalue weighted by Crippen LogP contribution is -2.28. The number of carboxylic acids is 1. The van der Waals surface area contributed by atoms with E-state index in [9.17, 15) is 23.1 Å². The van der Waals surface area contributed by atoms with Gasteiger partial charge in [0.1, 0.15) is 0 Å². The normalized spacial score (nSPS) is 35.4. The summed E-state index contributed by atoms with van der Waals surface area (Å²) in [6, 6.07) is 0. The molecule has 0 heterocycles. The standard InChI is InChI=1S/C9H13F3O2/c1-7(2)5(6(13)14)8(7,3)4-9(10,11)12/h5H,4H2,1-3H3,(H,13,14)/p-1. The molecule has 2 atom stereocenters. The van der Waals surface area contributed by atoms with Gasteiger partial charge in [-0.1, -0.05) is 20.8 Å². The molecule has 1 rings (SSSR count). The molecule has 0 aromatic carbocycles. The van der Waals surface area contributed by atoms with E-state index < -0.39 is 35.3 Å². The highest BCUT2D eigenvalue weighted by atomic mass is 19.4. The van der Waals surface area contributed by atoms with Gasteiger partial charge in [-0.05, 0) is 10.8 Å². The van der Waals surface area contributed by atoms with Crippen LogP contribution in [0.4, 0.5) is 13.2 Å². The molecule has 0 saturated heterocycles. The summed E-state index contributed by atoms with van der Waals surface area (Å²) in [5.74, 6) is -2.39. The maximum absolute atomic E-state index is 12.2. The van der Waals surface area contributed by atoms with E-state index in [1.165, 1.54) is 20.8 Å². The summed E-state index contributed by atoms with van der Waals surface area (Å²) in [5, 5.41) is 10.6. The van der Waals surface area contributed by atoms with Crippen LogP contribution in [0.5, 0.6) is 0 Å². The molecule has 0 aliphatic heterocycles. The van der Waals surface area contributed by atoms with Gasteiger partial charge in [0.15, 0.2) is 0 Å². The second kappa shape index (κ2) is 2.64. The third kappa shape index (κ3) is 1.48. The van der Waals surface area contributed by atoms with Gasteiger partial charge in [0.25, 0.3) is 0 Å². The number of carbonyl (C=O) groups excluding carboxylic acids is 1. The highest BCUT2D eigenvalue weighted by molar-refractivity contribution is 5.74. The van der Waals surface area contributed by atoms with Gasteiger partial charge in [0.2, 0.25) is 0 Å². The lowest BCUT2D eigenvalue weighted by molar-refractivity contribution is -0.309. The second-order valence-corrected chi connectivity index (χ2v) is 4.68. The minimum absolute atomic E-state index is 0.832. The third-order valence-corrected chi connectivity index (χ3v) is 3.55. The van der Waals surface area contributed by atoms with Crippen LogP contribution in [0.25, 0.3) is 0 Å². The number of carbonyl (C=O) groups is 1. The number of hydrogen-bond acceptors (Lipinski definition) is 2. The number of rotatable bonds is 2. The van der Waals surface area contributed by atoms with Gasteiger partial charge in [-0.3, -0.25) is 0 Å². The Hall–Kier alpha value is -0.740. The van der Waals surface area contributed by atoms with Crippen LogP contribution in [0.2, 0.25) is 0 Å². The molecule has 0 radical (unpaired) electrons. The topological polar surface area (TPSA) is 40.1 Å². The van der Waals surface area contributed by atoms with Crippen molar-refractivity contribution in [2.24, 2.45) is 16.7 Å². The van der Waals surface area contributed by atoms with E-state index in [4.69, 9.17) is 0 Å². The van der Waals surface area contributed by atoms with Gasteiger partial charge < -0.3 is 9.90 Å². The fraction of sp³-hybridized carbons (Fsp3) is 0.889. The summed E-state index contributed by atoms with van der Waals surface area (Å²) in [4.78, 5) is 10.6. The lowest BCUT2D eigenvalue weighted by atomic mass is 9.94. The van der Waals surface area contributed by atoms with Crippen molar-refractivity contribution in [2.75, 3.05) is 0 Å². The van der Waals surface area contributed by atoms with Crippen LogP contribution >= 0.6 is 0 Å². The monoisotopic (exact) mass is 209 g/mol. The molecule has 82 valence electrons. The van der Waals surface area contributed by atoms with Crippen LogP contribution in [0, 0.1) is 16.7 Å². The molecule has 2 unspecified atom stereocenters. The summed E-state index contributed by atoms with van der Waals surface area (Å²) in [5.41, 5.74) is -2.05. The quantitative estimate of drug-likeness (QED) is 0.688. The van der Waals surface area contributed by atoms with Crippen LogP contribution < -0.4 is 5.11 Å². The number of aliphatic carboxylic acids is 1. The third-order valence-electron chi connectivity index (χ3n) is 3.55. The lowest BCUT2D eigenvalue weighted by Gasteiger charge is -2.16. The predicted molar refractivity (Wildman–Crippen MR) is 41.1 cm³/mol. The van der Waals surface area contributed by atoms with E-state index in [1.807, 2.05) is 0 Å². The molecule has 14 heavy (non-hydrogen) atoms. The zero-order chi connectivity index (χ0) is 11.4. The van der Waals surface area contributed by atoms with Crippen molar-refractivity contribution in [2.45, 2.75) is 33.4 Å². The Labute approximate surface area is 80.1 Å². The molecule has 0 bridgehead atoms. The number of hydrogen-bond donors (Lipinski definition) is 0. The fourth-order valence-corrected chi connectivity index (χ4v) is 2.37. The average molecular weight is 209 g/mol. The highest BCUT2D eigenvalue weighted by Gasteiger charge is 2.70. The van der Waals surface area contributed by atoms with E-state index in [-0.39, 0.29) is 0 Å². The summed E-state index contributed by atoms with van der Waals surface area (Å²) in [7, 11) is 0. The Morgan fingerprint density at radius 1 is 1.36 bits per heavy atom. The minimum atomic E-state index is -4.32. The highest BCUT2D eigenvalue weighted by Crippen LogP contribution is 2.71. The maximum Gasteiger partial charge on any atom is 0.389 e. The maximum atomic E-state index is 12.2. The first-order valence-corrected chi connectivity index (χ1v) is 4.30. The molecular formula is C9H12F3O2-. The van der Waals surface area contributed by atoms with E-state index in [1.54, 1.807) is 0 Å². The van der Waals surface area contributed by atoms with Crippen molar-refractivity contribution in [3.63, 3.8) is 0 Å². The van der Waals surface area contributed by atoms with Gasteiger partial charge in [0.05, 0.1) is 6.42 Å². The Morgan fingerprint density at radius 3 is 2.00 bits per heavy atom. The molecule has 1 aliphatic carbocycles. The SMILES string of the molecule is CC1(C)C(C(=O)[O-])C1(C)CC(F)(F)F. The van der Waals surface area contributed by atoms with E-state index in [0.29, 0.717) is 0 Å². The van der Waals surface area contributed by atoms with Crippen molar-refractivity contribution >= 4 is 5.97 Å². The number of halogens is 3. The van der Waals surface area contributed by atoms with Crippen molar-refractivity contribution in [1.82, 2.24) is 0 Å². The molecule has 1 saturated carbocycles. The van der Waals surface area contributed by atoms with Gasteiger partial charge >= 0.3 is 6.18 Å². The molecule has 0 aromatic rings. The molecule has 1 aliphatic rings. The number of carboxylic acid groups (broad SMARTS) is 1. The average Bonchev–Trinajstić information content (AvgIpc) is 2.18. The molecule has 0 aromatic heterocycles. The predicted octanol–water partition coefficient (Wildman–Crippen LogP) is 1.35. The van der Waals surface area contributed by atoms with Crippen LogP contribution in [-0.4, -0.2) is 12.1 Å². The number of alkyl halides is 3. The molecular weight excluding hydrogens is 197 g/mol. The Kier molecular flexibility index (Phi) is 2.14. The first kappa shape index (κ1) is 11.3. The van der Waals surface area contributed by atoms with Gasteiger partial charge in [-0.15, -0.1) is 0 Å². The summed E-state index contributed by atoms with van der Waals surface area (Å²) < 4.78 is 36.5. The first-order chi connectivity index (χ1) is 6.02. The molecule has 0 amide bonds. The van der Waals surface area contributed by atoms with E-state index >= 15 is 0 Å². The van der Waals surface area contributed by atoms with E-state index in [0.717, 1.165) is 0 Å². The van der Waals surface area contributed by atoms with Crippen molar-refractivity contribution in [3.8, 4) is 0 Å².